The van der Waals surface area contributed by atoms with Crippen molar-refractivity contribution in [1.82, 2.24) is 5.32 Å². The van der Waals surface area contributed by atoms with E-state index in [0.717, 1.165) is 49.0 Å². The van der Waals surface area contributed by atoms with Crippen LogP contribution in [0, 0.1) is 16.0 Å². The van der Waals surface area contributed by atoms with E-state index < -0.39 is 0 Å². The molecule has 0 aliphatic heterocycles. The van der Waals surface area contributed by atoms with Crippen LogP contribution in [0.2, 0.25) is 0 Å². The maximum absolute atomic E-state index is 12.2. The van der Waals surface area contributed by atoms with Gasteiger partial charge in [0.2, 0.25) is 5.91 Å². The van der Waals surface area contributed by atoms with Crippen molar-refractivity contribution in [3.8, 4) is 0 Å². The van der Waals surface area contributed by atoms with Crippen LogP contribution in [0.15, 0.2) is 23.1 Å². The summed E-state index contributed by atoms with van der Waals surface area (Å²) in [5.74, 6) is 0.388. The third-order valence-corrected chi connectivity index (χ3v) is 5.45. The highest BCUT2D eigenvalue weighted by Crippen LogP contribution is 2.26. The van der Waals surface area contributed by atoms with Gasteiger partial charge in [-0.3, -0.25) is 14.9 Å². The molecule has 1 aliphatic carbocycles. The normalized spacial score (nSPS) is 15.7. The van der Waals surface area contributed by atoms with E-state index in [2.05, 4.69) is 5.32 Å². The first-order valence-corrected chi connectivity index (χ1v) is 9.93. The van der Waals surface area contributed by atoms with Crippen LogP contribution < -0.4 is 5.32 Å². The second-order valence-corrected chi connectivity index (χ2v) is 7.18. The zero-order chi connectivity index (χ0) is 17.4. The van der Waals surface area contributed by atoms with E-state index in [-0.39, 0.29) is 22.4 Å². The van der Waals surface area contributed by atoms with Gasteiger partial charge in [-0.25, -0.2) is 0 Å². The number of aryl methyl sites for hydroxylation is 1. The zero-order valence-corrected chi connectivity index (χ0v) is 15.1. The van der Waals surface area contributed by atoms with Crippen molar-refractivity contribution in [2.24, 2.45) is 5.92 Å². The molecule has 0 radical (unpaired) electrons. The lowest BCUT2D eigenvalue weighted by atomic mass is 9.99. The topological polar surface area (TPSA) is 72.2 Å². The lowest BCUT2D eigenvalue weighted by Gasteiger charge is -2.14. The van der Waals surface area contributed by atoms with Crippen molar-refractivity contribution in [3.05, 3.63) is 33.9 Å². The molecule has 0 unspecified atom stereocenters. The van der Waals surface area contributed by atoms with Crippen LogP contribution in [0.5, 0.6) is 0 Å². The summed E-state index contributed by atoms with van der Waals surface area (Å²) in [6, 6.07) is 5.01. The highest BCUT2D eigenvalue weighted by atomic mass is 32.2. The standard InChI is InChI=1S/C18H26N2O3S/c1-24-17-13-16(20(22)23)11-10-14(17)9-6-12-19-18(21)15-7-4-2-3-5-8-15/h10-11,13,15H,2-9,12H2,1H3,(H,19,21). The van der Waals surface area contributed by atoms with Gasteiger partial charge in [0.15, 0.2) is 0 Å². The summed E-state index contributed by atoms with van der Waals surface area (Å²) in [5.41, 5.74) is 1.24. The van der Waals surface area contributed by atoms with Gasteiger partial charge in [0, 0.05) is 29.5 Å². The van der Waals surface area contributed by atoms with E-state index >= 15 is 0 Å². The van der Waals surface area contributed by atoms with Gasteiger partial charge >= 0.3 is 0 Å². The fourth-order valence-electron chi connectivity index (χ4n) is 3.23. The van der Waals surface area contributed by atoms with E-state index in [0.29, 0.717) is 6.54 Å². The summed E-state index contributed by atoms with van der Waals surface area (Å²) in [4.78, 5) is 23.6. The molecule has 132 valence electrons. The van der Waals surface area contributed by atoms with Crippen molar-refractivity contribution in [2.75, 3.05) is 12.8 Å². The molecule has 5 nitrogen and oxygen atoms in total. The predicted molar refractivity (Wildman–Crippen MR) is 97.4 cm³/mol. The summed E-state index contributed by atoms with van der Waals surface area (Å²) in [5, 5.41) is 13.9. The highest BCUT2D eigenvalue weighted by Gasteiger charge is 2.19. The Bertz CT molecular complexity index is 569. The molecule has 1 amide bonds. The number of amides is 1. The van der Waals surface area contributed by atoms with Gasteiger partial charge in [-0.2, -0.15) is 0 Å². The molecule has 1 saturated carbocycles. The molecular weight excluding hydrogens is 324 g/mol. The van der Waals surface area contributed by atoms with Crippen LogP contribution in [0.25, 0.3) is 0 Å². The Morgan fingerprint density at radius 2 is 2.00 bits per heavy atom. The second-order valence-electron chi connectivity index (χ2n) is 6.34. The number of carbonyl (C=O) groups is 1. The Labute approximate surface area is 147 Å². The van der Waals surface area contributed by atoms with E-state index in [1.165, 1.54) is 24.6 Å². The fourth-order valence-corrected chi connectivity index (χ4v) is 3.90. The summed E-state index contributed by atoms with van der Waals surface area (Å²) in [6.07, 6.45) is 10.5. The minimum atomic E-state index is -0.365. The number of carbonyl (C=O) groups excluding carboxylic acids is 1. The van der Waals surface area contributed by atoms with Crippen molar-refractivity contribution in [3.63, 3.8) is 0 Å². The van der Waals surface area contributed by atoms with Gasteiger partial charge in [0.1, 0.15) is 0 Å². The number of hydrogen-bond acceptors (Lipinski definition) is 4. The summed E-state index contributed by atoms with van der Waals surface area (Å²) >= 11 is 1.52. The molecule has 1 aromatic rings. The van der Waals surface area contributed by atoms with Gasteiger partial charge < -0.3 is 5.32 Å². The average Bonchev–Trinajstić information content (AvgIpc) is 2.87. The molecule has 0 aromatic heterocycles. The maximum atomic E-state index is 12.2. The molecule has 2 rings (SSSR count). The lowest BCUT2D eigenvalue weighted by molar-refractivity contribution is -0.385. The number of nitrogens with one attached hydrogen (secondary N) is 1. The number of nitro benzene ring substituents is 1. The molecule has 24 heavy (non-hydrogen) atoms. The van der Waals surface area contributed by atoms with Crippen LogP contribution in [0.1, 0.15) is 50.5 Å². The minimum absolute atomic E-state index is 0.129. The van der Waals surface area contributed by atoms with Crippen LogP contribution >= 0.6 is 11.8 Å². The smallest absolute Gasteiger partial charge is 0.270 e. The largest absolute Gasteiger partial charge is 0.356 e. The quantitative estimate of drug-likeness (QED) is 0.261. The monoisotopic (exact) mass is 350 g/mol. The van der Waals surface area contributed by atoms with Gasteiger partial charge in [0.25, 0.3) is 5.69 Å². The number of thioether (sulfide) groups is 1. The molecule has 6 heteroatoms. The Kier molecular flexibility index (Phi) is 7.56. The zero-order valence-electron chi connectivity index (χ0n) is 14.3. The first-order chi connectivity index (χ1) is 11.6. The number of benzene rings is 1. The van der Waals surface area contributed by atoms with Gasteiger partial charge in [0.05, 0.1) is 4.92 Å². The van der Waals surface area contributed by atoms with Crippen molar-refractivity contribution in [1.29, 1.82) is 0 Å². The van der Waals surface area contributed by atoms with E-state index in [4.69, 9.17) is 0 Å². The fraction of sp³-hybridized carbons (Fsp3) is 0.611. The predicted octanol–water partition coefficient (Wildman–Crippen LogP) is 4.34. The third kappa shape index (κ3) is 5.51. The summed E-state index contributed by atoms with van der Waals surface area (Å²) in [7, 11) is 0. The van der Waals surface area contributed by atoms with Gasteiger partial charge in [-0.05, 0) is 37.5 Å². The molecule has 0 saturated heterocycles. The highest BCUT2D eigenvalue weighted by molar-refractivity contribution is 7.98. The first-order valence-electron chi connectivity index (χ1n) is 8.71. The number of nitrogens with zero attached hydrogens (tertiary/aromatic N) is 1. The summed E-state index contributed by atoms with van der Waals surface area (Å²) < 4.78 is 0. The molecule has 1 N–H and O–H groups in total. The van der Waals surface area contributed by atoms with Gasteiger partial charge in [-0.15, -0.1) is 11.8 Å². The van der Waals surface area contributed by atoms with Crippen molar-refractivity contribution < 1.29 is 9.72 Å². The van der Waals surface area contributed by atoms with Crippen LogP contribution in [-0.2, 0) is 11.2 Å². The van der Waals surface area contributed by atoms with Crippen molar-refractivity contribution >= 4 is 23.4 Å². The Balaban J connectivity index is 1.79. The molecule has 1 fully saturated rings. The molecular formula is C18H26N2O3S. The molecule has 0 atom stereocenters. The Morgan fingerprint density at radius 3 is 2.62 bits per heavy atom. The summed E-state index contributed by atoms with van der Waals surface area (Å²) in [6.45, 7) is 0.667. The molecule has 0 spiro atoms. The number of non-ortho nitro benzene ring substituents is 1. The number of nitro groups is 1. The van der Waals surface area contributed by atoms with E-state index in [1.54, 1.807) is 12.1 Å². The molecule has 1 aromatic carbocycles. The minimum Gasteiger partial charge on any atom is -0.356 e. The number of rotatable bonds is 7. The van der Waals surface area contributed by atoms with E-state index in [9.17, 15) is 14.9 Å². The lowest BCUT2D eigenvalue weighted by Crippen LogP contribution is -2.31. The van der Waals surface area contributed by atoms with Crippen LogP contribution in [0.3, 0.4) is 0 Å². The molecule has 1 aliphatic rings. The Morgan fingerprint density at radius 1 is 1.29 bits per heavy atom. The van der Waals surface area contributed by atoms with Gasteiger partial charge in [-0.1, -0.05) is 31.7 Å². The number of hydrogen-bond donors (Lipinski definition) is 1. The van der Waals surface area contributed by atoms with Crippen LogP contribution in [-0.4, -0.2) is 23.6 Å². The average molecular weight is 350 g/mol. The maximum Gasteiger partial charge on any atom is 0.270 e. The second kappa shape index (κ2) is 9.67. The SMILES string of the molecule is CSc1cc([N+](=O)[O-])ccc1CCCNC(=O)C1CCCCCC1. The first kappa shape index (κ1) is 18.8. The molecule has 0 heterocycles. The van der Waals surface area contributed by atoms with Crippen LogP contribution in [0.4, 0.5) is 5.69 Å². The third-order valence-electron chi connectivity index (χ3n) is 4.63. The Hall–Kier alpha value is -1.56. The van der Waals surface area contributed by atoms with Crippen molar-refractivity contribution in [2.45, 2.75) is 56.3 Å². The van der Waals surface area contributed by atoms with E-state index in [1.807, 2.05) is 12.3 Å². The molecule has 0 bridgehead atoms.